The van der Waals surface area contributed by atoms with Gasteiger partial charge in [0, 0.05) is 19.3 Å². The Bertz CT molecular complexity index is 496. The van der Waals surface area contributed by atoms with E-state index in [4.69, 9.17) is 15.7 Å². The Morgan fingerprint density at radius 2 is 2.32 bits per heavy atom. The lowest BCUT2D eigenvalue weighted by Crippen LogP contribution is -2.34. The molecule has 0 amide bonds. The quantitative estimate of drug-likeness (QED) is 0.368. The third-order valence-electron chi connectivity index (χ3n) is 3.50. The van der Waals surface area contributed by atoms with Crippen molar-refractivity contribution in [2.75, 3.05) is 25.2 Å². The molecule has 3 N–H and O–H groups in total. The average Bonchev–Trinajstić information content (AvgIpc) is 2.90. The molecule has 0 spiro atoms. The summed E-state index contributed by atoms with van der Waals surface area (Å²) >= 11 is 0. The largest absolute Gasteiger partial charge is 0.409 e. The Morgan fingerprint density at radius 1 is 1.58 bits per heavy atom. The van der Waals surface area contributed by atoms with E-state index in [9.17, 15) is 0 Å². The minimum atomic E-state index is 0.0887. The molecule has 6 heteroatoms. The number of aryl methyl sites for hydroxylation is 2. The molecule has 19 heavy (non-hydrogen) atoms. The number of likely N-dealkylation sites (N-methyl/N-ethyl adjacent to an activating group) is 1. The number of ether oxygens (including phenoxy) is 1. The molecule has 2 heterocycles. The lowest BCUT2D eigenvalue weighted by molar-refractivity contribution is 0.193. The molecule has 104 valence electrons. The minimum absolute atomic E-state index is 0.0887. The molecule has 2 rings (SSSR count). The van der Waals surface area contributed by atoms with Gasteiger partial charge in [0.05, 0.1) is 29.6 Å². The maximum absolute atomic E-state index is 8.95. The normalized spacial score (nSPS) is 19.7. The van der Waals surface area contributed by atoms with Crippen molar-refractivity contribution >= 4 is 11.5 Å². The van der Waals surface area contributed by atoms with Crippen molar-refractivity contribution in [1.82, 2.24) is 4.98 Å². The number of oxime groups is 1. The van der Waals surface area contributed by atoms with Crippen LogP contribution in [0.15, 0.2) is 11.2 Å². The number of rotatable bonds is 3. The summed E-state index contributed by atoms with van der Waals surface area (Å²) in [5.41, 5.74) is 9.06. The van der Waals surface area contributed by atoms with Gasteiger partial charge < -0.3 is 20.6 Å². The smallest absolute Gasteiger partial charge is 0.174 e. The maximum atomic E-state index is 8.95. The lowest BCUT2D eigenvalue weighted by atomic mass is 10.1. The minimum Gasteiger partial charge on any atom is -0.409 e. The second-order valence-corrected chi connectivity index (χ2v) is 4.86. The first-order chi connectivity index (χ1) is 9.04. The van der Waals surface area contributed by atoms with Crippen molar-refractivity contribution in [2.24, 2.45) is 10.9 Å². The van der Waals surface area contributed by atoms with Gasteiger partial charge in [0.25, 0.3) is 0 Å². The van der Waals surface area contributed by atoms with Gasteiger partial charge in [-0.2, -0.15) is 0 Å². The zero-order chi connectivity index (χ0) is 14.0. The third-order valence-corrected chi connectivity index (χ3v) is 3.50. The maximum Gasteiger partial charge on any atom is 0.174 e. The highest BCUT2D eigenvalue weighted by molar-refractivity contribution is 6.03. The predicted molar refractivity (Wildman–Crippen MR) is 73.8 cm³/mol. The highest BCUT2D eigenvalue weighted by atomic mass is 16.5. The van der Waals surface area contributed by atoms with E-state index in [1.807, 2.05) is 27.0 Å². The van der Waals surface area contributed by atoms with E-state index >= 15 is 0 Å². The van der Waals surface area contributed by atoms with E-state index in [-0.39, 0.29) is 5.84 Å². The fourth-order valence-corrected chi connectivity index (χ4v) is 2.48. The Kier molecular flexibility index (Phi) is 3.90. The molecule has 1 aromatic heterocycles. The van der Waals surface area contributed by atoms with E-state index in [2.05, 4.69) is 15.0 Å². The van der Waals surface area contributed by atoms with Crippen LogP contribution in [-0.4, -0.2) is 42.3 Å². The van der Waals surface area contributed by atoms with Gasteiger partial charge in [-0.3, -0.25) is 4.98 Å². The van der Waals surface area contributed by atoms with Crippen molar-refractivity contribution in [1.29, 1.82) is 0 Å². The van der Waals surface area contributed by atoms with E-state index in [0.717, 1.165) is 30.1 Å². The summed E-state index contributed by atoms with van der Waals surface area (Å²) in [6, 6.07) is 2.27. The van der Waals surface area contributed by atoms with Gasteiger partial charge in [0.15, 0.2) is 5.84 Å². The van der Waals surface area contributed by atoms with Gasteiger partial charge in [-0.25, -0.2) is 0 Å². The fourth-order valence-electron chi connectivity index (χ4n) is 2.48. The van der Waals surface area contributed by atoms with Crippen LogP contribution in [0.5, 0.6) is 0 Å². The van der Waals surface area contributed by atoms with Crippen LogP contribution in [0.25, 0.3) is 0 Å². The Balaban J connectivity index is 2.47. The van der Waals surface area contributed by atoms with E-state index in [1.54, 1.807) is 0 Å². The van der Waals surface area contributed by atoms with Crippen LogP contribution < -0.4 is 10.6 Å². The van der Waals surface area contributed by atoms with E-state index < -0.39 is 0 Å². The Hall–Kier alpha value is -1.82. The summed E-state index contributed by atoms with van der Waals surface area (Å²) in [6.45, 7) is 5.28. The van der Waals surface area contributed by atoms with Crippen molar-refractivity contribution in [2.45, 2.75) is 26.3 Å². The summed E-state index contributed by atoms with van der Waals surface area (Å²) in [4.78, 5) is 6.51. The highest BCUT2D eigenvalue weighted by Crippen LogP contribution is 2.26. The number of hydrogen-bond donors (Lipinski definition) is 2. The molecule has 6 nitrogen and oxygen atoms in total. The van der Waals surface area contributed by atoms with Gasteiger partial charge in [-0.05, 0) is 26.3 Å². The number of nitrogens with two attached hydrogens (primary N) is 1. The number of nitrogens with zero attached hydrogens (tertiary/aromatic N) is 3. The van der Waals surface area contributed by atoms with Gasteiger partial charge in [0.1, 0.15) is 0 Å². The average molecular weight is 264 g/mol. The first-order valence-corrected chi connectivity index (χ1v) is 6.31. The van der Waals surface area contributed by atoms with E-state index in [1.165, 1.54) is 0 Å². The first-order valence-electron chi connectivity index (χ1n) is 6.31. The third kappa shape index (κ3) is 2.63. The fraction of sp³-hybridized carbons (Fsp3) is 0.538. The van der Waals surface area contributed by atoms with E-state index in [0.29, 0.717) is 18.2 Å². The number of pyridine rings is 1. The molecular weight excluding hydrogens is 244 g/mol. The van der Waals surface area contributed by atoms with Crippen LogP contribution in [0.1, 0.15) is 23.4 Å². The van der Waals surface area contributed by atoms with Crippen LogP contribution >= 0.6 is 0 Å². The second kappa shape index (κ2) is 5.44. The number of anilines is 1. The van der Waals surface area contributed by atoms with Crippen molar-refractivity contribution in [3.05, 3.63) is 23.0 Å². The van der Waals surface area contributed by atoms with Gasteiger partial charge in [0.2, 0.25) is 0 Å². The molecule has 0 bridgehead atoms. The molecule has 0 radical (unpaired) electrons. The molecule has 0 aromatic carbocycles. The number of aromatic nitrogens is 1. The zero-order valence-corrected chi connectivity index (χ0v) is 11.6. The predicted octanol–water partition coefficient (Wildman–Crippen LogP) is 1.02. The van der Waals surface area contributed by atoms with Gasteiger partial charge >= 0.3 is 0 Å². The summed E-state index contributed by atoms with van der Waals surface area (Å²) in [5.74, 6) is 0.0887. The molecular formula is C13H20N4O2. The monoisotopic (exact) mass is 264 g/mol. The molecule has 1 aliphatic rings. The lowest BCUT2D eigenvalue weighted by Gasteiger charge is -2.28. The van der Waals surface area contributed by atoms with Gasteiger partial charge in [-0.1, -0.05) is 5.16 Å². The summed E-state index contributed by atoms with van der Waals surface area (Å²) < 4.78 is 5.42. The molecule has 1 aliphatic heterocycles. The second-order valence-electron chi connectivity index (χ2n) is 4.86. The van der Waals surface area contributed by atoms with Crippen LogP contribution in [0.4, 0.5) is 5.69 Å². The van der Waals surface area contributed by atoms with Crippen LogP contribution in [-0.2, 0) is 4.74 Å². The number of hydrogen-bond acceptors (Lipinski definition) is 5. The van der Waals surface area contributed by atoms with Crippen LogP contribution in [0.3, 0.4) is 0 Å². The molecule has 1 unspecified atom stereocenters. The van der Waals surface area contributed by atoms with Gasteiger partial charge in [-0.15, -0.1) is 0 Å². The summed E-state index contributed by atoms with van der Waals surface area (Å²) in [6.07, 6.45) is 0.979. The topological polar surface area (TPSA) is 84.0 Å². The molecule has 1 fully saturated rings. The molecule has 0 saturated carbocycles. The summed E-state index contributed by atoms with van der Waals surface area (Å²) in [5, 5.41) is 12.1. The molecule has 1 atom stereocenters. The highest BCUT2D eigenvalue weighted by Gasteiger charge is 2.24. The Labute approximate surface area is 112 Å². The van der Waals surface area contributed by atoms with Crippen molar-refractivity contribution in [3.63, 3.8) is 0 Å². The molecule has 0 aliphatic carbocycles. The van der Waals surface area contributed by atoms with Crippen molar-refractivity contribution in [3.8, 4) is 0 Å². The Morgan fingerprint density at radius 3 is 2.89 bits per heavy atom. The first kappa shape index (κ1) is 13.6. The van der Waals surface area contributed by atoms with Crippen LogP contribution in [0.2, 0.25) is 0 Å². The summed E-state index contributed by atoms with van der Waals surface area (Å²) in [7, 11) is 2.00. The standard InChI is InChI=1S/C13H20N4O2/c1-8-6-11(17(3)10-4-5-19-7-10)12(9(2)15-8)13(14)16-18/h6,10,18H,4-5,7H2,1-3H3,(H2,14,16). The van der Waals surface area contributed by atoms with Crippen LogP contribution in [0, 0.1) is 13.8 Å². The molecule has 1 saturated heterocycles. The SMILES string of the molecule is Cc1cc(N(C)C2CCOC2)c(/C(N)=N/O)c(C)n1. The van der Waals surface area contributed by atoms with Crippen molar-refractivity contribution < 1.29 is 9.94 Å². The molecule has 1 aromatic rings. The zero-order valence-electron chi connectivity index (χ0n) is 11.6. The number of amidine groups is 1.